The van der Waals surface area contributed by atoms with Crippen LogP contribution in [0.5, 0.6) is 0 Å². The maximum absolute atomic E-state index is 12.1. The van der Waals surface area contributed by atoms with E-state index < -0.39 is 0 Å². The minimum Gasteiger partial charge on any atom is -0.398 e. The third-order valence-corrected chi connectivity index (χ3v) is 3.86. The number of halogens is 1. The van der Waals surface area contributed by atoms with Crippen molar-refractivity contribution in [3.63, 3.8) is 0 Å². The molecule has 2 rings (SSSR count). The molecule has 3 nitrogen and oxygen atoms in total. The lowest BCUT2D eigenvalue weighted by Gasteiger charge is -2.22. The van der Waals surface area contributed by atoms with Crippen LogP contribution in [0.1, 0.15) is 42.5 Å². The zero-order valence-corrected chi connectivity index (χ0v) is 11.2. The molecule has 1 aromatic carbocycles. The molecule has 1 saturated carbocycles. The summed E-state index contributed by atoms with van der Waals surface area (Å²) in [6, 6.07) is 5.13. The second-order valence-electron chi connectivity index (χ2n) is 4.92. The van der Waals surface area contributed by atoms with Crippen LogP contribution in [0.4, 0.5) is 5.69 Å². The number of nitrogens with two attached hydrogens (primary N) is 1. The van der Waals surface area contributed by atoms with E-state index in [0.29, 0.717) is 22.2 Å². The normalized spacial score (nSPS) is 16.5. The van der Waals surface area contributed by atoms with Gasteiger partial charge in [0.2, 0.25) is 0 Å². The van der Waals surface area contributed by atoms with Crippen molar-refractivity contribution >= 4 is 23.2 Å². The van der Waals surface area contributed by atoms with Gasteiger partial charge in [-0.25, -0.2) is 0 Å². The van der Waals surface area contributed by atoms with Crippen molar-refractivity contribution in [3.05, 3.63) is 28.8 Å². The first kappa shape index (κ1) is 13.2. The zero-order valence-electron chi connectivity index (χ0n) is 10.4. The first-order valence-electron chi connectivity index (χ1n) is 6.50. The number of carbonyl (C=O) groups excluding carboxylic acids is 1. The lowest BCUT2D eigenvalue weighted by Crippen LogP contribution is -2.30. The van der Waals surface area contributed by atoms with Crippen molar-refractivity contribution in [1.29, 1.82) is 0 Å². The second kappa shape index (κ2) is 6.10. The number of amides is 1. The van der Waals surface area contributed by atoms with Gasteiger partial charge in [0.25, 0.3) is 5.91 Å². The molecule has 0 spiro atoms. The average molecular weight is 267 g/mol. The predicted molar refractivity (Wildman–Crippen MR) is 74.8 cm³/mol. The largest absolute Gasteiger partial charge is 0.398 e. The Hall–Kier alpha value is -1.22. The fourth-order valence-corrected chi connectivity index (χ4v) is 2.76. The number of nitrogens with one attached hydrogen (secondary N) is 1. The first-order chi connectivity index (χ1) is 8.68. The van der Waals surface area contributed by atoms with Crippen molar-refractivity contribution < 1.29 is 4.79 Å². The molecule has 98 valence electrons. The molecule has 0 heterocycles. The average Bonchev–Trinajstić information content (AvgIpc) is 2.37. The molecule has 0 saturated heterocycles. The van der Waals surface area contributed by atoms with Gasteiger partial charge in [-0.15, -0.1) is 0 Å². The van der Waals surface area contributed by atoms with E-state index in [1.807, 2.05) is 0 Å². The molecule has 0 aromatic heterocycles. The number of carbonyl (C=O) groups is 1. The molecule has 1 amide bonds. The highest BCUT2D eigenvalue weighted by Crippen LogP contribution is 2.24. The summed E-state index contributed by atoms with van der Waals surface area (Å²) in [6.45, 7) is 0.726. The standard InChI is InChI=1S/C14H19ClN2O/c15-11-7-4-8-12(16)13(11)14(18)17-9-10-5-2-1-3-6-10/h4,7-8,10H,1-3,5-6,9,16H2,(H,17,18). The third kappa shape index (κ3) is 3.16. The Labute approximate surface area is 113 Å². The minimum absolute atomic E-state index is 0.163. The fraction of sp³-hybridized carbons (Fsp3) is 0.500. The van der Waals surface area contributed by atoms with Crippen LogP contribution in [-0.4, -0.2) is 12.5 Å². The molecular weight excluding hydrogens is 248 g/mol. The molecule has 0 radical (unpaired) electrons. The first-order valence-corrected chi connectivity index (χ1v) is 6.88. The lowest BCUT2D eigenvalue weighted by molar-refractivity contribution is 0.0944. The molecule has 1 fully saturated rings. The molecule has 4 heteroatoms. The molecule has 1 aliphatic rings. The van der Waals surface area contributed by atoms with Crippen LogP contribution in [-0.2, 0) is 0 Å². The van der Waals surface area contributed by atoms with Crippen LogP contribution in [0, 0.1) is 5.92 Å². The van der Waals surface area contributed by atoms with Crippen LogP contribution < -0.4 is 11.1 Å². The van der Waals surface area contributed by atoms with Gasteiger partial charge in [-0.3, -0.25) is 4.79 Å². The molecule has 0 atom stereocenters. The van der Waals surface area contributed by atoms with Crippen LogP contribution >= 0.6 is 11.6 Å². The Morgan fingerprint density at radius 2 is 2.06 bits per heavy atom. The Kier molecular flexibility index (Phi) is 4.48. The van der Waals surface area contributed by atoms with E-state index in [1.165, 1.54) is 32.1 Å². The van der Waals surface area contributed by atoms with Gasteiger partial charge in [0.05, 0.1) is 10.6 Å². The van der Waals surface area contributed by atoms with E-state index in [-0.39, 0.29) is 5.91 Å². The molecule has 3 N–H and O–H groups in total. The molecular formula is C14H19ClN2O. The van der Waals surface area contributed by atoms with Crippen molar-refractivity contribution in [2.24, 2.45) is 5.92 Å². The maximum atomic E-state index is 12.1. The van der Waals surface area contributed by atoms with Crippen molar-refractivity contribution in [2.45, 2.75) is 32.1 Å². The number of rotatable bonds is 3. The summed E-state index contributed by atoms with van der Waals surface area (Å²) in [4.78, 5) is 12.1. The van der Waals surface area contributed by atoms with Crippen molar-refractivity contribution in [3.8, 4) is 0 Å². The Morgan fingerprint density at radius 1 is 1.33 bits per heavy atom. The Morgan fingerprint density at radius 3 is 2.72 bits per heavy atom. The predicted octanol–water partition coefficient (Wildman–Crippen LogP) is 3.23. The second-order valence-corrected chi connectivity index (χ2v) is 5.33. The van der Waals surface area contributed by atoms with Gasteiger partial charge in [0.15, 0.2) is 0 Å². The quantitative estimate of drug-likeness (QED) is 0.826. The van der Waals surface area contributed by atoms with Crippen molar-refractivity contribution in [2.75, 3.05) is 12.3 Å². The SMILES string of the molecule is Nc1cccc(Cl)c1C(=O)NCC1CCCCC1. The third-order valence-electron chi connectivity index (χ3n) is 3.55. The highest BCUT2D eigenvalue weighted by Gasteiger charge is 2.17. The summed E-state index contributed by atoms with van der Waals surface area (Å²) in [7, 11) is 0. The summed E-state index contributed by atoms with van der Waals surface area (Å²) in [6.07, 6.45) is 6.28. The van der Waals surface area contributed by atoms with E-state index in [9.17, 15) is 4.79 Å². The minimum atomic E-state index is -0.163. The van der Waals surface area contributed by atoms with E-state index >= 15 is 0 Å². The molecule has 1 aliphatic carbocycles. The van der Waals surface area contributed by atoms with Crippen molar-refractivity contribution in [1.82, 2.24) is 5.32 Å². The highest BCUT2D eigenvalue weighted by atomic mass is 35.5. The van der Waals surface area contributed by atoms with Gasteiger partial charge in [0, 0.05) is 12.2 Å². The van der Waals surface area contributed by atoms with Crippen LogP contribution in [0.3, 0.4) is 0 Å². The summed E-state index contributed by atoms with van der Waals surface area (Å²) in [5.41, 5.74) is 6.62. The fourth-order valence-electron chi connectivity index (χ4n) is 2.50. The molecule has 1 aromatic rings. The van der Waals surface area contributed by atoms with E-state index in [1.54, 1.807) is 18.2 Å². The number of benzene rings is 1. The monoisotopic (exact) mass is 266 g/mol. The maximum Gasteiger partial charge on any atom is 0.254 e. The highest BCUT2D eigenvalue weighted by molar-refractivity contribution is 6.34. The van der Waals surface area contributed by atoms with E-state index in [2.05, 4.69) is 5.32 Å². The number of anilines is 1. The Bertz CT molecular complexity index is 408. The van der Waals surface area contributed by atoms with Gasteiger partial charge in [-0.05, 0) is 30.9 Å². The van der Waals surface area contributed by atoms with E-state index in [0.717, 1.165) is 6.54 Å². The number of nitrogen functional groups attached to an aromatic ring is 1. The molecule has 0 unspecified atom stereocenters. The summed E-state index contributed by atoms with van der Waals surface area (Å²) in [5, 5.41) is 3.36. The summed E-state index contributed by atoms with van der Waals surface area (Å²) < 4.78 is 0. The van der Waals surface area contributed by atoms with Crippen LogP contribution in [0.2, 0.25) is 5.02 Å². The topological polar surface area (TPSA) is 55.1 Å². The van der Waals surface area contributed by atoms with Gasteiger partial charge in [-0.1, -0.05) is 36.9 Å². The van der Waals surface area contributed by atoms with Gasteiger partial charge < -0.3 is 11.1 Å². The molecule has 0 aliphatic heterocycles. The summed E-state index contributed by atoms with van der Waals surface area (Å²) in [5.74, 6) is 0.440. The van der Waals surface area contributed by atoms with E-state index in [4.69, 9.17) is 17.3 Å². The Balaban J connectivity index is 1.95. The molecule has 18 heavy (non-hydrogen) atoms. The summed E-state index contributed by atoms with van der Waals surface area (Å²) >= 11 is 6.01. The van der Waals surface area contributed by atoms with Gasteiger partial charge in [0.1, 0.15) is 0 Å². The smallest absolute Gasteiger partial charge is 0.254 e. The van der Waals surface area contributed by atoms with Gasteiger partial charge in [-0.2, -0.15) is 0 Å². The molecule has 0 bridgehead atoms. The number of hydrogen-bond donors (Lipinski definition) is 2. The zero-order chi connectivity index (χ0) is 13.0. The lowest BCUT2D eigenvalue weighted by atomic mass is 9.89. The van der Waals surface area contributed by atoms with Gasteiger partial charge >= 0.3 is 0 Å². The number of hydrogen-bond acceptors (Lipinski definition) is 2. The van der Waals surface area contributed by atoms with Crippen LogP contribution in [0.15, 0.2) is 18.2 Å². The van der Waals surface area contributed by atoms with Crippen LogP contribution in [0.25, 0.3) is 0 Å².